The summed E-state index contributed by atoms with van der Waals surface area (Å²) in [5, 5.41) is 18.0. The van der Waals surface area contributed by atoms with Crippen LogP contribution >= 0.6 is 0 Å². The minimum absolute atomic E-state index is 0.0648. The van der Waals surface area contributed by atoms with Gasteiger partial charge in [-0.3, -0.25) is 15.6 Å². The summed E-state index contributed by atoms with van der Waals surface area (Å²) in [7, 11) is 0. The maximum atomic E-state index is 13.1. The van der Waals surface area contributed by atoms with Crippen molar-refractivity contribution in [2.75, 3.05) is 29.1 Å². The van der Waals surface area contributed by atoms with Gasteiger partial charge in [-0.2, -0.15) is 10.5 Å². The van der Waals surface area contributed by atoms with Crippen molar-refractivity contribution in [3.63, 3.8) is 0 Å². The number of aromatic nitrogens is 2. The topological polar surface area (TPSA) is 144 Å². The predicted octanol–water partition coefficient (Wildman–Crippen LogP) is 2.19. The Morgan fingerprint density at radius 1 is 0.968 bits per heavy atom. The van der Waals surface area contributed by atoms with Crippen LogP contribution in [0.15, 0.2) is 67.0 Å². The van der Waals surface area contributed by atoms with Gasteiger partial charge in [-0.15, -0.1) is 0 Å². The van der Waals surface area contributed by atoms with Crippen LogP contribution in [0.3, 0.4) is 0 Å². The highest BCUT2D eigenvalue weighted by molar-refractivity contribution is 5.88. The fourth-order valence-electron chi connectivity index (χ4n) is 3.09. The second kappa shape index (κ2) is 10.2. The summed E-state index contributed by atoms with van der Waals surface area (Å²) >= 11 is 0. The first-order valence-electron chi connectivity index (χ1n) is 9.40. The summed E-state index contributed by atoms with van der Waals surface area (Å²) in [5.74, 6) is -0.453. The lowest BCUT2D eigenvalue weighted by Gasteiger charge is -2.21. The van der Waals surface area contributed by atoms with Crippen LogP contribution in [-0.2, 0) is 4.79 Å². The number of carbonyl (C=O) groups is 1. The molecule has 0 atom stereocenters. The molecule has 1 aromatic heterocycles. The van der Waals surface area contributed by atoms with Gasteiger partial charge in [0, 0.05) is 0 Å². The summed E-state index contributed by atoms with van der Waals surface area (Å²) in [6.07, 6.45) is 1.24. The Hall–Kier alpha value is -4.63. The average Bonchev–Trinajstić information content (AvgIpc) is 2.80. The summed E-state index contributed by atoms with van der Waals surface area (Å²) in [6.45, 7) is -0.130. The second-order valence-corrected chi connectivity index (χ2v) is 6.50. The molecule has 3 aromatic rings. The lowest BCUT2D eigenvalue weighted by atomic mass is 9.91. The van der Waals surface area contributed by atoms with Gasteiger partial charge in [-0.25, -0.2) is 9.97 Å². The second-order valence-electron chi connectivity index (χ2n) is 6.50. The molecule has 9 nitrogen and oxygen atoms in total. The number of benzene rings is 2. The van der Waals surface area contributed by atoms with Gasteiger partial charge in [0.2, 0.25) is 5.91 Å². The van der Waals surface area contributed by atoms with Crippen LogP contribution in [-0.4, -0.2) is 29.0 Å². The number of hydrogen-bond acceptors (Lipinski definition) is 8. The van der Waals surface area contributed by atoms with E-state index in [0.717, 1.165) is 11.1 Å². The number of hydrazine groups is 1. The Labute approximate surface area is 179 Å². The summed E-state index contributed by atoms with van der Waals surface area (Å²) in [4.78, 5) is 22.6. The fourth-order valence-corrected chi connectivity index (χ4v) is 3.09. The molecule has 1 amide bonds. The number of rotatable bonds is 8. The lowest BCUT2D eigenvalue weighted by molar-refractivity contribution is -0.121. The molecule has 0 bridgehead atoms. The van der Waals surface area contributed by atoms with Gasteiger partial charge in [0.25, 0.3) is 0 Å². The van der Waals surface area contributed by atoms with Gasteiger partial charge in [0.15, 0.2) is 11.6 Å². The molecule has 9 heteroatoms. The van der Waals surface area contributed by atoms with E-state index in [4.69, 9.17) is 16.3 Å². The fraction of sp³-hybridized carbons (Fsp3) is 0.136. The first-order chi connectivity index (χ1) is 15.2. The Kier molecular flexibility index (Phi) is 6.96. The van der Waals surface area contributed by atoms with Gasteiger partial charge in [0.05, 0.1) is 18.1 Å². The molecule has 0 aliphatic heterocycles. The Balaban J connectivity index is 1.83. The van der Waals surface area contributed by atoms with Crippen molar-refractivity contribution >= 4 is 23.2 Å². The zero-order chi connectivity index (χ0) is 22.1. The van der Waals surface area contributed by atoms with Crippen molar-refractivity contribution in [3.05, 3.63) is 78.1 Å². The third-order valence-corrected chi connectivity index (χ3v) is 4.52. The maximum Gasteiger partial charge on any atom is 0.250 e. The molecule has 0 aliphatic rings. The van der Waals surface area contributed by atoms with Crippen molar-refractivity contribution in [2.24, 2.45) is 0 Å². The summed E-state index contributed by atoms with van der Waals surface area (Å²) < 4.78 is 0. The molecule has 0 spiro atoms. The highest BCUT2D eigenvalue weighted by Gasteiger charge is 2.23. The first kappa shape index (κ1) is 21.1. The number of carbonyl (C=O) groups excluding carboxylic acids is 1. The van der Waals surface area contributed by atoms with Gasteiger partial charge >= 0.3 is 0 Å². The molecular formula is C22H20N8O. The van der Waals surface area contributed by atoms with Crippen LogP contribution in [0.1, 0.15) is 17.0 Å². The smallest absolute Gasteiger partial charge is 0.250 e. The average molecular weight is 412 g/mol. The highest BCUT2D eigenvalue weighted by atomic mass is 16.2. The molecular weight excluding hydrogens is 392 g/mol. The number of hydrogen-bond donors (Lipinski definition) is 3. The van der Waals surface area contributed by atoms with Gasteiger partial charge < -0.3 is 10.6 Å². The quantitative estimate of drug-likeness (QED) is 0.377. The first-order valence-corrected chi connectivity index (χ1v) is 9.40. The molecule has 0 unspecified atom stereocenters. The molecule has 1 heterocycles. The summed E-state index contributed by atoms with van der Waals surface area (Å²) in [6, 6.07) is 22.8. The van der Waals surface area contributed by atoms with E-state index in [9.17, 15) is 4.79 Å². The molecule has 2 aromatic carbocycles. The molecule has 0 saturated heterocycles. The van der Waals surface area contributed by atoms with E-state index >= 15 is 0 Å². The number of nitrogen functional groups attached to an aromatic ring is 1. The number of nitriles is 2. The molecule has 0 saturated carbocycles. The van der Waals surface area contributed by atoms with E-state index < -0.39 is 5.92 Å². The van der Waals surface area contributed by atoms with Crippen molar-refractivity contribution in [3.8, 4) is 12.1 Å². The van der Waals surface area contributed by atoms with E-state index in [-0.39, 0.29) is 36.3 Å². The predicted molar refractivity (Wildman–Crippen MR) is 116 cm³/mol. The lowest BCUT2D eigenvalue weighted by Crippen LogP contribution is -2.35. The molecule has 31 heavy (non-hydrogen) atoms. The normalized spacial score (nSPS) is 10.0. The Morgan fingerprint density at radius 2 is 1.52 bits per heavy atom. The number of nitrogens with zero attached hydrogens (tertiary/aromatic N) is 5. The van der Waals surface area contributed by atoms with Crippen LogP contribution in [0.25, 0.3) is 0 Å². The molecule has 3 rings (SSSR count). The Morgan fingerprint density at radius 3 is 2.03 bits per heavy atom. The molecule has 0 fully saturated rings. The number of nitrogens with two attached hydrogens (primary N) is 1. The van der Waals surface area contributed by atoms with E-state index in [0.29, 0.717) is 0 Å². The standard InChI is InChI=1S/C22H20N8O/c23-11-13-30(14-12-24)21-19(25)20(26-15-27-21)28-29-22(31)18(16-7-3-1-4-8-16)17-9-5-2-6-10-17/h1-10,15,18H,13-14,25H2,(H,29,31)(H,26,27,28). The van der Waals surface area contributed by atoms with E-state index in [1.54, 1.807) is 0 Å². The maximum absolute atomic E-state index is 13.1. The van der Waals surface area contributed by atoms with Gasteiger partial charge in [-0.1, -0.05) is 60.7 Å². The van der Waals surface area contributed by atoms with Gasteiger partial charge in [-0.05, 0) is 11.1 Å². The van der Waals surface area contributed by atoms with Crippen molar-refractivity contribution < 1.29 is 4.79 Å². The largest absolute Gasteiger partial charge is 0.393 e. The molecule has 0 radical (unpaired) electrons. The number of anilines is 3. The van der Waals surface area contributed by atoms with Crippen molar-refractivity contribution in [2.45, 2.75) is 5.92 Å². The Bertz CT molecular complexity index is 1050. The number of amides is 1. The molecule has 154 valence electrons. The molecule has 0 aliphatic carbocycles. The van der Waals surface area contributed by atoms with E-state index in [2.05, 4.69) is 20.8 Å². The molecule has 4 N–H and O–H groups in total. The van der Waals surface area contributed by atoms with E-state index in [1.165, 1.54) is 11.2 Å². The monoisotopic (exact) mass is 412 g/mol. The van der Waals surface area contributed by atoms with Crippen LogP contribution in [0, 0.1) is 22.7 Å². The third-order valence-electron chi connectivity index (χ3n) is 4.52. The third kappa shape index (κ3) is 5.05. The van der Waals surface area contributed by atoms with Crippen LogP contribution in [0.2, 0.25) is 0 Å². The minimum atomic E-state index is -0.550. The van der Waals surface area contributed by atoms with Crippen LogP contribution in [0.4, 0.5) is 17.3 Å². The van der Waals surface area contributed by atoms with Crippen LogP contribution in [0.5, 0.6) is 0 Å². The number of nitrogens with one attached hydrogen (secondary N) is 2. The van der Waals surface area contributed by atoms with Crippen molar-refractivity contribution in [1.82, 2.24) is 15.4 Å². The van der Waals surface area contributed by atoms with Crippen LogP contribution < -0.4 is 21.5 Å². The zero-order valence-corrected chi connectivity index (χ0v) is 16.6. The zero-order valence-electron chi connectivity index (χ0n) is 16.6. The van der Waals surface area contributed by atoms with E-state index in [1.807, 2.05) is 72.8 Å². The summed E-state index contributed by atoms with van der Waals surface area (Å²) in [5.41, 5.74) is 13.3. The van der Waals surface area contributed by atoms with Gasteiger partial charge in [0.1, 0.15) is 25.1 Å². The van der Waals surface area contributed by atoms with Crippen molar-refractivity contribution in [1.29, 1.82) is 10.5 Å². The SMILES string of the molecule is N#CCN(CC#N)c1ncnc(NNC(=O)C(c2ccccc2)c2ccccc2)c1N. The highest BCUT2D eigenvalue weighted by Crippen LogP contribution is 2.27. The minimum Gasteiger partial charge on any atom is -0.393 e.